The molecule has 9 heteroatoms. The molecule has 9 radical (unpaired) electrons. The van der Waals surface area contributed by atoms with E-state index in [1.807, 2.05) is 0 Å². The molecule has 9 heavy (non-hydrogen) atoms. The molecule has 0 saturated carbocycles. The van der Waals surface area contributed by atoms with Gasteiger partial charge in [-0.3, -0.25) is 0 Å². The summed E-state index contributed by atoms with van der Waals surface area (Å²) in [5, 5.41) is 0. The molecular weight excluding hydrogens is 598 g/mol. The van der Waals surface area contributed by atoms with E-state index in [0.717, 1.165) is 0 Å². The van der Waals surface area contributed by atoms with Crippen molar-refractivity contribution in [2.75, 3.05) is 0 Å². The molecule has 0 aromatic carbocycles. The molecule has 0 nitrogen and oxygen atoms in total. The zero-order valence-corrected chi connectivity index (χ0v) is 14.9. The van der Waals surface area contributed by atoms with Gasteiger partial charge in [-0.2, -0.15) is 0 Å². The molecule has 0 saturated heterocycles. The summed E-state index contributed by atoms with van der Waals surface area (Å²) in [4.78, 5) is 0. The van der Waals surface area contributed by atoms with E-state index in [1.54, 1.807) is 0 Å². The summed E-state index contributed by atoms with van der Waals surface area (Å²) < 4.78 is 0. The first-order valence-corrected chi connectivity index (χ1v) is 0. The molecule has 0 fully saturated rings. The van der Waals surface area contributed by atoms with Crippen molar-refractivity contribution < 1.29 is 162 Å². The molecule has 0 heterocycles. The fourth-order valence-corrected chi connectivity index (χ4v) is 0. The van der Waals surface area contributed by atoms with E-state index >= 15 is 0 Å². The van der Waals surface area contributed by atoms with Crippen LogP contribution in [0.2, 0.25) is 0 Å². The Morgan fingerprint density at radius 3 is 0.222 bits per heavy atom. The van der Waals surface area contributed by atoms with Gasteiger partial charge in [-0.15, -0.1) is 0 Å². The van der Waals surface area contributed by atoms with Crippen LogP contribution < -0.4 is 0 Å². The molecule has 0 amide bonds. The molecular formula is Co7Nb2. The fourth-order valence-electron chi connectivity index (χ4n) is 0. The summed E-state index contributed by atoms with van der Waals surface area (Å²) in [6.45, 7) is 0. The van der Waals surface area contributed by atoms with Gasteiger partial charge in [0, 0.05) is 162 Å². The van der Waals surface area contributed by atoms with E-state index in [9.17, 15) is 0 Å². The van der Waals surface area contributed by atoms with Crippen LogP contribution in [0, 0.1) is 0 Å². The van der Waals surface area contributed by atoms with Gasteiger partial charge in [-0.1, -0.05) is 0 Å². The van der Waals surface area contributed by atoms with E-state index in [0.29, 0.717) is 0 Å². The van der Waals surface area contributed by atoms with Crippen LogP contribution in [0.5, 0.6) is 0 Å². The molecule has 0 rings (SSSR count). The number of hydrogen-bond acceptors (Lipinski definition) is 0. The summed E-state index contributed by atoms with van der Waals surface area (Å²) in [5.74, 6) is 0. The molecule has 0 aromatic heterocycles. The van der Waals surface area contributed by atoms with Gasteiger partial charge in [-0.05, 0) is 0 Å². The van der Waals surface area contributed by atoms with E-state index in [2.05, 4.69) is 0 Å². The maximum absolute atomic E-state index is 0. The predicted octanol–water partition coefficient (Wildman–Crippen LogP) is -0.0225. The molecule has 0 N–H and O–H groups in total. The minimum absolute atomic E-state index is 0. The van der Waals surface area contributed by atoms with Crippen LogP contribution in [0.25, 0.3) is 0 Å². The maximum atomic E-state index is 0. The van der Waals surface area contributed by atoms with Crippen LogP contribution in [0.4, 0.5) is 0 Å². The van der Waals surface area contributed by atoms with Crippen molar-refractivity contribution >= 4 is 0 Å². The molecule has 0 aliphatic heterocycles. The average Bonchev–Trinajstić information content (AvgIpc) is 0. The molecule has 0 unspecified atom stereocenters. The van der Waals surface area contributed by atoms with Crippen molar-refractivity contribution in [2.45, 2.75) is 0 Å². The Balaban J connectivity index is 0. The van der Waals surface area contributed by atoms with E-state index in [4.69, 9.17) is 0 Å². The van der Waals surface area contributed by atoms with Crippen LogP contribution in [0.15, 0.2) is 0 Å². The van der Waals surface area contributed by atoms with E-state index in [1.165, 1.54) is 0 Å². The summed E-state index contributed by atoms with van der Waals surface area (Å²) in [6, 6.07) is 0. The Morgan fingerprint density at radius 1 is 0.222 bits per heavy atom. The third-order valence-electron chi connectivity index (χ3n) is 0. The van der Waals surface area contributed by atoms with Crippen molar-refractivity contribution in [3.8, 4) is 0 Å². The second kappa shape index (κ2) is 74.6. The summed E-state index contributed by atoms with van der Waals surface area (Å²) in [6.07, 6.45) is 0. The minimum atomic E-state index is 0. The van der Waals surface area contributed by atoms with Crippen LogP contribution in [-0.2, 0) is 162 Å². The van der Waals surface area contributed by atoms with Crippen molar-refractivity contribution in [1.29, 1.82) is 0 Å². The molecule has 0 aromatic rings. The van der Waals surface area contributed by atoms with Gasteiger partial charge in [0.25, 0.3) is 0 Å². The van der Waals surface area contributed by atoms with Crippen molar-refractivity contribution in [2.24, 2.45) is 0 Å². The Labute approximate surface area is 159 Å². The van der Waals surface area contributed by atoms with Crippen molar-refractivity contribution in [3.05, 3.63) is 0 Å². The zero-order valence-electron chi connectivity index (χ0n) is 3.23. The monoisotopic (exact) mass is 598 g/mol. The van der Waals surface area contributed by atoms with Gasteiger partial charge in [0.2, 0.25) is 0 Å². The smallest absolute Gasteiger partial charge is 0 e. The molecule has 0 aliphatic carbocycles. The van der Waals surface area contributed by atoms with Crippen molar-refractivity contribution in [3.63, 3.8) is 0 Å². The molecule has 0 atom stereocenters. The van der Waals surface area contributed by atoms with Gasteiger partial charge in [0.15, 0.2) is 0 Å². The third-order valence-corrected chi connectivity index (χ3v) is 0. The Hall–Kier alpha value is 5.03. The van der Waals surface area contributed by atoms with Gasteiger partial charge in [0.1, 0.15) is 0 Å². The largest absolute Gasteiger partial charge is 0 e. The quantitative estimate of drug-likeness (QED) is 0.345. The fraction of sp³-hybridized carbons (Fsp3) is 0. The SMILES string of the molecule is [Co].[Co].[Co].[Co].[Co].[Co].[Co].[Nb].[Nb]. The molecule has 0 spiro atoms. The van der Waals surface area contributed by atoms with Crippen molar-refractivity contribution in [1.82, 2.24) is 0 Å². The predicted molar refractivity (Wildman–Crippen MR) is 0 cm³/mol. The van der Waals surface area contributed by atoms with Gasteiger partial charge in [0.05, 0.1) is 0 Å². The van der Waals surface area contributed by atoms with Gasteiger partial charge >= 0.3 is 0 Å². The number of rotatable bonds is 0. The second-order valence-corrected chi connectivity index (χ2v) is 0. The Kier molecular flexibility index (Phi) is 781. The van der Waals surface area contributed by atoms with E-state index < -0.39 is 0 Å². The summed E-state index contributed by atoms with van der Waals surface area (Å²) in [7, 11) is 0. The van der Waals surface area contributed by atoms with Gasteiger partial charge < -0.3 is 0 Å². The first-order valence-electron chi connectivity index (χ1n) is 0. The summed E-state index contributed by atoms with van der Waals surface area (Å²) >= 11 is 0. The van der Waals surface area contributed by atoms with Crippen LogP contribution in [0.3, 0.4) is 0 Å². The van der Waals surface area contributed by atoms with Crippen LogP contribution in [-0.4, -0.2) is 0 Å². The molecule has 73 valence electrons. The Bertz CT molecular complexity index is 6.88. The third kappa shape index (κ3) is 62.7. The van der Waals surface area contributed by atoms with E-state index in [-0.39, 0.29) is 162 Å². The second-order valence-electron chi connectivity index (χ2n) is 0. The zero-order chi connectivity index (χ0) is 0. The molecule has 0 aliphatic rings. The topological polar surface area (TPSA) is 0 Å². The maximum Gasteiger partial charge on any atom is 0 e. The first kappa shape index (κ1) is 94.2. The summed E-state index contributed by atoms with van der Waals surface area (Å²) in [5.41, 5.74) is 0. The van der Waals surface area contributed by atoms with Crippen LogP contribution in [0.1, 0.15) is 0 Å². The standard InChI is InChI=1S/7Co.2Nb. The average molecular weight is 598 g/mol. The first-order chi connectivity index (χ1) is 0. The molecule has 0 bridgehead atoms. The van der Waals surface area contributed by atoms with Crippen LogP contribution >= 0.6 is 0 Å². The van der Waals surface area contributed by atoms with Gasteiger partial charge in [-0.25, -0.2) is 0 Å². The number of hydrogen-bond donors (Lipinski definition) is 0. The Morgan fingerprint density at radius 2 is 0.222 bits per heavy atom. The minimum Gasteiger partial charge on any atom is 0 e. The normalized spacial score (nSPS) is 0.